The summed E-state index contributed by atoms with van der Waals surface area (Å²) < 4.78 is 8.50. The molecular formula is C17H22N6OS. The van der Waals surface area contributed by atoms with Gasteiger partial charge in [0.1, 0.15) is 0 Å². The molecule has 3 aromatic rings. The highest BCUT2D eigenvalue weighted by Gasteiger charge is 2.23. The molecule has 3 aromatic heterocycles. The van der Waals surface area contributed by atoms with Crippen molar-refractivity contribution in [3.63, 3.8) is 0 Å². The van der Waals surface area contributed by atoms with Crippen LogP contribution in [0.15, 0.2) is 24.5 Å². The van der Waals surface area contributed by atoms with Crippen LogP contribution in [0.2, 0.25) is 0 Å². The van der Waals surface area contributed by atoms with Gasteiger partial charge in [-0.3, -0.25) is 9.88 Å². The average Bonchev–Trinajstić information content (AvgIpc) is 3.18. The number of aromatic nitrogens is 4. The summed E-state index contributed by atoms with van der Waals surface area (Å²) >= 11 is 1.67. The molecule has 7 nitrogen and oxygen atoms in total. The summed E-state index contributed by atoms with van der Waals surface area (Å²) in [6.07, 6.45) is 3.71. The highest BCUT2D eigenvalue weighted by Crippen LogP contribution is 2.29. The number of fused-ring (bicyclic) bond motifs is 1. The van der Waals surface area contributed by atoms with Crippen LogP contribution in [0.1, 0.15) is 17.3 Å². The van der Waals surface area contributed by atoms with Gasteiger partial charge in [-0.15, -0.1) is 0 Å². The number of anilines is 1. The fourth-order valence-corrected chi connectivity index (χ4v) is 4.22. The molecule has 0 amide bonds. The van der Waals surface area contributed by atoms with Crippen LogP contribution in [0.3, 0.4) is 0 Å². The minimum Gasteiger partial charge on any atom is -0.379 e. The zero-order chi connectivity index (χ0) is 17.2. The van der Waals surface area contributed by atoms with E-state index in [1.807, 2.05) is 31.0 Å². The molecule has 0 aromatic carbocycles. The number of pyridine rings is 1. The Labute approximate surface area is 150 Å². The zero-order valence-corrected chi connectivity index (χ0v) is 15.3. The van der Waals surface area contributed by atoms with Crippen LogP contribution >= 0.6 is 11.3 Å². The van der Waals surface area contributed by atoms with Crippen LogP contribution in [0.25, 0.3) is 10.3 Å². The van der Waals surface area contributed by atoms with Crippen LogP contribution in [0.4, 0.5) is 5.13 Å². The summed E-state index contributed by atoms with van der Waals surface area (Å²) in [4.78, 5) is 11.3. The summed E-state index contributed by atoms with van der Waals surface area (Å²) in [6, 6.07) is 4.46. The standard InChI is InChI=1S/C17H22N6OS/c1-12-15-16(22(2)21-12)20-17(25-15)19-11-14(13-3-5-18-6-4-13)23-7-9-24-10-8-23/h3-6,14H,7-11H2,1-2H3,(H,19,20)/t14-/m1/s1. The van der Waals surface area contributed by atoms with E-state index in [4.69, 9.17) is 9.72 Å². The highest BCUT2D eigenvalue weighted by molar-refractivity contribution is 7.22. The van der Waals surface area contributed by atoms with E-state index < -0.39 is 0 Å². The fourth-order valence-electron chi connectivity index (χ4n) is 3.28. The van der Waals surface area contributed by atoms with Crippen molar-refractivity contribution in [2.24, 2.45) is 7.05 Å². The smallest absolute Gasteiger partial charge is 0.185 e. The third kappa shape index (κ3) is 3.37. The van der Waals surface area contributed by atoms with Crippen LogP contribution < -0.4 is 5.32 Å². The molecule has 25 heavy (non-hydrogen) atoms. The molecule has 1 fully saturated rings. The van der Waals surface area contributed by atoms with Gasteiger partial charge in [0, 0.05) is 39.1 Å². The Balaban J connectivity index is 1.54. The van der Waals surface area contributed by atoms with Crippen molar-refractivity contribution in [2.75, 3.05) is 38.2 Å². The van der Waals surface area contributed by atoms with Crippen LogP contribution in [-0.2, 0) is 11.8 Å². The van der Waals surface area contributed by atoms with Gasteiger partial charge in [0.2, 0.25) is 0 Å². The molecule has 8 heteroatoms. The van der Waals surface area contributed by atoms with Gasteiger partial charge >= 0.3 is 0 Å². The number of nitrogens with zero attached hydrogens (tertiary/aromatic N) is 5. The Kier molecular flexibility index (Phi) is 4.65. The second-order valence-electron chi connectivity index (χ2n) is 6.21. The van der Waals surface area contributed by atoms with Crippen molar-refractivity contribution >= 4 is 26.8 Å². The monoisotopic (exact) mass is 358 g/mol. The number of morpholine rings is 1. The van der Waals surface area contributed by atoms with Crippen molar-refractivity contribution in [2.45, 2.75) is 13.0 Å². The maximum absolute atomic E-state index is 5.51. The van der Waals surface area contributed by atoms with E-state index >= 15 is 0 Å². The quantitative estimate of drug-likeness (QED) is 0.754. The normalized spacial score (nSPS) is 17.0. The van der Waals surface area contributed by atoms with Crippen molar-refractivity contribution in [1.82, 2.24) is 24.6 Å². The van der Waals surface area contributed by atoms with Crippen molar-refractivity contribution < 1.29 is 4.74 Å². The SMILES string of the molecule is Cc1nn(C)c2nc(NC[C@H](c3ccncc3)N3CCOCC3)sc12. The maximum atomic E-state index is 5.51. The lowest BCUT2D eigenvalue weighted by Crippen LogP contribution is -2.41. The van der Waals surface area contributed by atoms with Gasteiger partial charge in [-0.2, -0.15) is 5.10 Å². The van der Waals surface area contributed by atoms with Gasteiger partial charge in [-0.1, -0.05) is 11.3 Å². The number of ether oxygens (including phenoxy) is 1. The largest absolute Gasteiger partial charge is 0.379 e. The molecule has 1 aliphatic heterocycles. The molecule has 1 atom stereocenters. The first-order valence-electron chi connectivity index (χ1n) is 8.48. The lowest BCUT2D eigenvalue weighted by atomic mass is 10.1. The van der Waals surface area contributed by atoms with Gasteiger partial charge in [-0.25, -0.2) is 9.67 Å². The molecule has 0 spiro atoms. The number of hydrogen-bond acceptors (Lipinski definition) is 7. The van der Waals surface area contributed by atoms with Gasteiger partial charge < -0.3 is 10.1 Å². The first-order valence-corrected chi connectivity index (χ1v) is 9.30. The first kappa shape index (κ1) is 16.4. The van der Waals surface area contributed by atoms with E-state index in [-0.39, 0.29) is 6.04 Å². The van der Waals surface area contributed by atoms with Gasteiger partial charge in [0.15, 0.2) is 10.8 Å². The Hall–Kier alpha value is -2.03. The van der Waals surface area contributed by atoms with E-state index in [0.29, 0.717) is 0 Å². The van der Waals surface area contributed by atoms with Gasteiger partial charge in [0.05, 0.1) is 29.6 Å². The molecule has 4 heterocycles. The second-order valence-corrected chi connectivity index (χ2v) is 7.21. The lowest BCUT2D eigenvalue weighted by molar-refractivity contribution is 0.0187. The number of rotatable bonds is 5. The van der Waals surface area contributed by atoms with Crippen molar-refractivity contribution in [3.05, 3.63) is 35.8 Å². The predicted molar refractivity (Wildman–Crippen MR) is 99.0 cm³/mol. The third-order valence-corrected chi connectivity index (χ3v) is 5.68. The van der Waals surface area contributed by atoms with E-state index in [2.05, 4.69) is 32.4 Å². The summed E-state index contributed by atoms with van der Waals surface area (Å²) in [5, 5.41) is 8.89. The Morgan fingerprint density at radius 1 is 1.28 bits per heavy atom. The third-order valence-electron chi connectivity index (χ3n) is 4.57. The number of aryl methyl sites for hydroxylation is 2. The van der Waals surface area contributed by atoms with Gasteiger partial charge in [-0.05, 0) is 24.6 Å². The number of thiazole rings is 1. The van der Waals surface area contributed by atoms with E-state index in [9.17, 15) is 0 Å². The molecule has 132 valence electrons. The van der Waals surface area contributed by atoms with Crippen molar-refractivity contribution in [3.8, 4) is 0 Å². The molecule has 0 unspecified atom stereocenters. The average molecular weight is 358 g/mol. The van der Waals surface area contributed by atoms with E-state index in [1.54, 1.807) is 11.3 Å². The molecular weight excluding hydrogens is 336 g/mol. The van der Waals surface area contributed by atoms with E-state index in [0.717, 1.165) is 54.0 Å². The Bertz CT molecular complexity index is 805. The van der Waals surface area contributed by atoms with Gasteiger partial charge in [0.25, 0.3) is 0 Å². The topological polar surface area (TPSA) is 68.1 Å². The first-order chi connectivity index (χ1) is 12.2. The molecule has 0 saturated carbocycles. The fraction of sp³-hybridized carbons (Fsp3) is 0.471. The van der Waals surface area contributed by atoms with Crippen LogP contribution in [0.5, 0.6) is 0 Å². The van der Waals surface area contributed by atoms with Crippen molar-refractivity contribution in [1.29, 1.82) is 0 Å². The van der Waals surface area contributed by atoms with Crippen LogP contribution in [0, 0.1) is 6.92 Å². The summed E-state index contributed by atoms with van der Waals surface area (Å²) in [5.74, 6) is 0. The predicted octanol–water partition coefficient (Wildman–Crippen LogP) is 2.22. The summed E-state index contributed by atoms with van der Waals surface area (Å²) in [6.45, 7) is 6.28. The lowest BCUT2D eigenvalue weighted by Gasteiger charge is -2.34. The van der Waals surface area contributed by atoms with Crippen LogP contribution in [-0.4, -0.2) is 57.5 Å². The maximum Gasteiger partial charge on any atom is 0.185 e. The minimum absolute atomic E-state index is 0.276. The molecule has 1 saturated heterocycles. The Morgan fingerprint density at radius 3 is 2.76 bits per heavy atom. The Morgan fingerprint density at radius 2 is 2.04 bits per heavy atom. The zero-order valence-electron chi connectivity index (χ0n) is 14.5. The number of nitrogens with one attached hydrogen (secondary N) is 1. The second kappa shape index (κ2) is 7.07. The molecule has 0 radical (unpaired) electrons. The number of hydrogen-bond donors (Lipinski definition) is 1. The molecule has 1 N–H and O–H groups in total. The summed E-state index contributed by atoms with van der Waals surface area (Å²) in [5.41, 5.74) is 3.24. The highest BCUT2D eigenvalue weighted by atomic mass is 32.1. The van der Waals surface area contributed by atoms with E-state index in [1.165, 1.54) is 5.56 Å². The minimum atomic E-state index is 0.276. The molecule has 0 bridgehead atoms. The molecule has 0 aliphatic carbocycles. The summed E-state index contributed by atoms with van der Waals surface area (Å²) in [7, 11) is 1.94. The molecule has 1 aliphatic rings. The molecule has 4 rings (SSSR count).